The quantitative estimate of drug-likeness (QED) is 0.412. The second-order valence-corrected chi connectivity index (χ2v) is 10.8. The number of anilines is 1. The minimum absolute atomic E-state index is 0.454. The second kappa shape index (κ2) is 11.6. The van der Waals surface area contributed by atoms with Crippen LogP contribution in [0.1, 0.15) is 37.6 Å². The lowest BCUT2D eigenvalue weighted by atomic mass is 10.0. The molecule has 1 unspecified atom stereocenters. The van der Waals surface area contributed by atoms with Crippen molar-refractivity contribution in [3.05, 3.63) is 60.0 Å². The van der Waals surface area contributed by atoms with Crippen molar-refractivity contribution >= 4 is 44.7 Å². The number of fused-ring (bicyclic) bond motifs is 2. The molecule has 0 radical (unpaired) electrons. The molecule has 4 aromatic rings. The topological polar surface area (TPSA) is 82.8 Å². The van der Waals surface area contributed by atoms with E-state index in [0.29, 0.717) is 30.6 Å². The number of aromatic nitrogens is 3. The molecule has 1 fully saturated rings. The number of imidazole rings is 1. The highest BCUT2D eigenvalue weighted by molar-refractivity contribution is 7.18. The van der Waals surface area contributed by atoms with E-state index in [4.69, 9.17) is 0 Å². The zero-order valence-corrected chi connectivity index (χ0v) is 22.2. The molecule has 8 nitrogen and oxygen atoms in total. The number of carbonyl (C=O) groups is 2. The van der Waals surface area contributed by atoms with Gasteiger partial charge in [0.1, 0.15) is 5.65 Å². The summed E-state index contributed by atoms with van der Waals surface area (Å²) in [5, 5.41) is 3.89. The normalized spacial score (nSPS) is 16.6. The molecule has 1 aliphatic heterocycles. The molecule has 1 N–H and O–H groups in total. The zero-order valence-electron chi connectivity index (χ0n) is 21.3. The Hall–Kier alpha value is -3.30. The van der Waals surface area contributed by atoms with E-state index in [1.807, 2.05) is 28.0 Å². The van der Waals surface area contributed by atoms with Gasteiger partial charge in [0, 0.05) is 55.9 Å². The van der Waals surface area contributed by atoms with Gasteiger partial charge in [-0.2, -0.15) is 0 Å². The first-order valence-electron chi connectivity index (χ1n) is 12.3. The molecule has 1 aliphatic rings. The first-order valence-corrected chi connectivity index (χ1v) is 13.1. The highest BCUT2D eigenvalue weighted by atomic mass is 32.1. The Morgan fingerprint density at radius 3 is 2.78 bits per heavy atom. The Balaban J connectivity index is 0.000000179. The highest BCUT2D eigenvalue weighted by Crippen LogP contribution is 2.27. The number of hydrogen-bond donors (Lipinski definition) is 1. The maximum absolute atomic E-state index is 12.2. The summed E-state index contributed by atoms with van der Waals surface area (Å²) in [5.74, 6) is -0.0704. The van der Waals surface area contributed by atoms with Gasteiger partial charge in [-0.15, -0.1) is 11.3 Å². The van der Waals surface area contributed by atoms with Crippen LogP contribution in [0.5, 0.6) is 0 Å². The van der Waals surface area contributed by atoms with E-state index in [-0.39, 0.29) is 0 Å². The number of pyridine rings is 1. The van der Waals surface area contributed by atoms with Gasteiger partial charge in [0.25, 0.3) is 0 Å². The number of amides is 2. The van der Waals surface area contributed by atoms with E-state index < -0.39 is 11.8 Å². The molecule has 190 valence electrons. The molecule has 5 rings (SSSR count). The van der Waals surface area contributed by atoms with Gasteiger partial charge < -0.3 is 19.5 Å². The smallest absolute Gasteiger partial charge is 0.313 e. The van der Waals surface area contributed by atoms with Crippen LogP contribution in [-0.4, -0.2) is 69.7 Å². The number of likely N-dealkylation sites (N-methyl/N-ethyl adjacent to an activating group) is 1. The molecule has 2 amide bonds. The van der Waals surface area contributed by atoms with Crippen LogP contribution >= 0.6 is 11.3 Å². The molecule has 3 aromatic heterocycles. The summed E-state index contributed by atoms with van der Waals surface area (Å²) in [6, 6.07) is 11.8. The van der Waals surface area contributed by atoms with Crippen molar-refractivity contribution in [1.29, 1.82) is 0 Å². The van der Waals surface area contributed by atoms with Crippen LogP contribution < -0.4 is 5.32 Å². The molecule has 1 saturated heterocycles. The fourth-order valence-corrected chi connectivity index (χ4v) is 5.43. The molecule has 0 spiro atoms. The summed E-state index contributed by atoms with van der Waals surface area (Å²) in [5.41, 5.74) is 2.44. The van der Waals surface area contributed by atoms with Gasteiger partial charge in [0.15, 0.2) is 0 Å². The molecule has 4 heterocycles. The number of thiazole rings is 1. The minimum atomic E-state index is -0.583. The van der Waals surface area contributed by atoms with Crippen molar-refractivity contribution in [2.75, 3.05) is 39.0 Å². The van der Waals surface area contributed by atoms with Crippen molar-refractivity contribution < 1.29 is 9.59 Å². The Morgan fingerprint density at radius 2 is 2.03 bits per heavy atom. The molecule has 1 aromatic carbocycles. The number of benzene rings is 1. The summed E-state index contributed by atoms with van der Waals surface area (Å²) < 4.78 is 3.13. The zero-order chi connectivity index (χ0) is 25.7. The maximum atomic E-state index is 12.2. The SMILES string of the molecule is CC1CCCN(C(=O)C(=O)Nc2ccn3ccnc3c2)C1.C[C@H](CN(C)C)c1nc2ccccc2s1. The minimum Gasteiger partial charge on any atom is -0.334 e. The number of carbonyl (C=O) groups excluding carboxylic acids is 2. The van der Waals surface area contributed by atoms with Crippen molar-refractivity contribution in [3.8, 4) is 0 Å². The Kier molecular flexibility index (Phi) is 8.32. The Labute approximate surface area is 216 Å². The predicted molar refractivity (Wildman–Crippen MR) is 145 cm³/mol. The maximum Gasteiger partial charge on any atom is 0.313 e. The van der Waals surface area contributed by atoms with Crippen LogP contribution in [0.25, 0.3) is 15.9 Å². The standard InChI is InChI=1S/C15H18N4O2.C12H16N2S/c1-11-3-2-6-19(10-11)15(21)14(20)17-12-4-7-18-8-5-16-13(18)9-12;1-9(8-14(2)3)12-13-10-6-4-5-7-11(10)15-12/h4-5,7-9,11H,2-3,6,10H2,1H3,(H,17,20);4-7,9H,8H2,1-3H3/t;9-/m.1/s1. The van der Waals surface area contributed by atoms with Crippen LogP contribution in [0, 0.1) is 5.92 Å². The summed E-state index contributed by atoms with van der Waals surface area (Å²) >= 11 is 1.81. The molecule has 0 aliphatic carbocycles. The average molecular weight is 507 g/mol. The van der Waals surface area contributed by atoms with E-state index >= 15 is 0 Å². The van der Waals surface area contributed by atoms with Gasteiger partial charge >= 0.3 is 11.8 Å². The molecule has 9 heteroatoms. The lowest BCUT2D eigenvalue weighted by Crippen LogP contribution is -2.44. The number of para-hydroxylation sites is 1. The lowest BCUT2D eigenvalue weighted by Gasteiger charge is -2.30. The number of hydrogen-bond acceptors (Lipinski definition) is 6. The fourth-order valence-electron chi connectivity index (χ4n) is 4.42. The largest absolute Gasteiger partial charge is 0.334 e. The number of rotatable bonds is 4. The van der Waals surface area contributed by atoms with Crippen LogP contribution in [0.3, 0.4) is 0 Å². The van der Waals surface area contributed by atoms with Gasteiger partial charge in [-0.25, -0.2) is 9.97 Å². The lowest BCUT2D eigenvalue weighted by molar-refractivity contribution is -0.144. The third-order valence-electron chi connectivity index (χ3n) is 6.17. The summed E-state index contributed by atoms with van der Waals surface area (Å²) in [7, 11) is 4.20. The van der Waals surface area contributed by atoms with E-state index in [1.54, 1.807) is 29.4 Å². The molecular formula is C27H34N6O2S. The molecular weight excluding hydrogens is 472 g/mol. The van der Waals surface area contributed by atoms with E-state index in [1.165, 1.54) is 9.71 Å². The van der Waals surface area contributed by atoms with E-state index in [2.05, 4.69) is 66.3 Å². The van der Waals surface area contributed by atoms with Crippen molar-refractivity contribution in [2.45, 2.75) is 32.6 Å². The van der Waals surface area contributed by atoms with Gasteiger partial charge in [0.05, 0.1) is 15.2 Å². The number of nitrogens with zero attached hydrogens (tertiary/aromatic N) is 5. The molecule has 2 atom stereocenters. The number of likely N-dealkylation sites (tertiary alicyclic amines) is 1. The molecule has 0 saturated carbocycles. The van der Waals surface area contributed by atoms with Crippen molar-refractivity contribution in [1.82, 2.24) is 24.2 Å². The summed E-state index contributed by atoms with van der Waals surface area (Å²) in [6.07, 6.45) is 7.37. The Bertz CT molecular complexity index is 1300. The second-order valence-electron chi connectivity index (χ2n) is 9.74. The van der Waals surface area contributed by atoms with Gasteiger partial charge in [-0.1, -0.05) is 26.0 Å². The van der Waals surface area contributed by atoms with Gasteiger partial charge in [-0.3, -0.25) is 9.59 Å². The first-order chi connectivity index (χ1) is 17.3. The van der Waals surface area contributed by atoms with Gasteiger partial charge in [-0.05, 0) is 51.1 Å². The molecule has 36 heavy (non-hydrogen) atoms. The first kappa shape index (κ1) is 25.8. The van der Waals surface area contributed by atoms with Gasteiger partial charge in [0.2, 0.25) is 0 Å². The highest BCUT2D eigenvalue weighted by Gasteiger charge is 2.26. The summed E-state index contributed by atoms with van der Waals surface area (Å²) in [6.45, 7) is 6.71. The average Bonchev–Trinajstić information content (AvgIpc) is 3.50. The Morgan fingerprint density at radius 1 is 1.22 bits per heavy atom. The van der Waals surface area contributed by atoms with Crippen LogP contribution in [0.15, 0.2) is 55.0 Å². The van der Waals surface area contributed by atoms with Crippen LogP contribution in [0.2, 0.25) is 0 Å². The third kappa shape index (κ3) is 6.47. The predicted octanol–water partition coefficient (Wildman–Crippen LogP) is 4.49. The fraction of sp³-hybridized carbons (Fsp3) is 0.407. The monoisotopic (exact) mass is 506 g/mol. The number of nitrogens with one attached hydrogen (secondary N) is 1. The van der Waals surface area contributed by atoms with E-state index in [9.17, 15) is 9.59 Å². The summed E-state index contributed by atoms with van der Waals surface area (Å²) in [4.78, 5) is 36.9. The van der Waals surface area contributed by atoms with E-state index in [0.717, 1.165) is 30.6 Å². The van der Waals surface area contributed by atoms with Crippen LogP contribution in [0.4, 0.5) is 5.69 Å². The molecule has 0 bridgehead atoms. The van der Waals surface area contributed by atoms with Crippen LogP contribution in [-0.2, 0) is 9.59 Å². The van der Waals surface area contributed by atoms with Crippen molar-refractivity contribution in [2.24, 2.45) is 5.92 Å². The number of piperidine rings is 1. The third-order valence-corrected chi connectivity index (χ3v) is 7.43. The van der Waals surface area contributed by atoms with Crippen molar-refractivity contribution in [3.63, 3.8) is 0 Å².